The summed E-state index contributed by atoms with van der Waals surface area (Å²) in [5.41, 5.74) is 0.969. The van der Waals surface area contributed by atoms with Crippen molar-refractivity contribution in [2.45, 2.75) is 25.4 Å². The number of amides is 1. The highest BCUT2D eigenvalue weighted by atomic mass is 16.5. The lowest BCUT2D eigenvalue weighted by Gasteiger charge is -2.33. The minimum absolute atomic E-state index is 0.0829. The van der Waals surface area contributed by atoms with Crippen LogP contribution in [0.15, 0.2) is 24.3 Å². The van der Waals surface area contributed by atoms with Gasteiger partial charge in [0.05, 0.1) is 13.2 Å². The Hall–Kier alpha value is -2.41. The molecule has 2 aliphatic heterocycles. The Morgan fingerprint density at radius 3 is 3.12 bits per heavy atom. The first-order chi connectivity index (χ1) is 11.8. The monoisotopic (exact) mass is 328 g/mol. The Morgan fingerprint density at radius 1 is 1.42 bits per heavy atom. The molecule has 2 unspecified atom stereocenters. The lowest BCUT2D eigenvalue weighted by Crippen LogP contribution is -2.45. The molecule has 0 spiro atoms. The van der Waals surface area contributed by atoms with Crippen molar-refractivity contribution in [3.63, 3.8) is 0 Å². The van der Waals surface area contributed by atoms with Crippen LogP contribution in [0.2, 0.25) is 0 Å². The van der Waals surface area contributed by atoms with Gasteiger partial charge >= 0.3 is 0 Å². The number of benzene rings is 1. The highest BCUT2D eigenvalue weighted by molar-refractivity contribution is 5.85. The fourth-order valence-corrected chi connectivity index (χ4v) is 3.21. The van der Waals surface area contributed by atoms with Crippen LogP contribution in [-0.2, 0) is 16.0 Å². The predicted molar refractivity (Wildman–Crippen MR) is 85.7 cm³/mol. The van der Waals surface area contributed by atoms with Crippen molar-refractivity contribution < 1.29 is 14.3 Å². The number of hydrogen-bond donors (Lipinski definition) is 1. The number of aromatic nitrogens is 3. The summed E-state index contributed by atoms with van der Waals surface area (Å²) in [4.78, 5) is 19.2. The lowest BCUT2D eigenvalue weighted by atomic mass is 9.99. The zero-order chi connectivity index (χ0) is 16.5. The van der Waals surface area contributed by atoms with Crippen molar-refractivity contribution in [2.24, 2.45) is 0 Å². The van der Waals surface area contributed by atoms with Gasteiger partial charge < -0.3 is 14.4 Å². The summed E-state index contributed by atoms with van der Waals surface area (Å²) < 4.78 is 11.4. The Balaban J connectivity index is 1.49. The van der Waals surface area contributed by atoms with Crippen LogP contribution in [0, 0.1) is 0 Å². The molecule has 126 valence electrons. The Morgan fingerprint density at radius 2 is 2.29 bits per heavy atom. The Kier molecular flexibility index (Phi) is 3.93. The summed E-state index contributed by atoms with van der Waals surface area (Å²) in [6.07, 6.45) is 0.510. The van der Waals surface area contributed by atoms with E-state index in [4.69, 9.17) is 9.47 Å². The molecule has 4 rings (SSSR count). The molecule has 1 amide bonds. The third-order valence-electron chi connectivity index (χ3n) is 4.55. The number of morpholine rings is 1. The Labute approximate surface area is 140 Å². The number of aromatic amines is 1. The average molecular weight is 328 g/mol. The maximum atomic E-state index is 12.9. The van der Waals surface area contributed by atoms with Crippen molar-refractivity contribution in [1.82, 2.24) is 20.1 Å². The number of hydrogen-bond acceptors (Lipinski definition) is 5. The van der Waals surface area contributed by atoms with E-state index in [2.05, 4.69) is 15.2 Å². The fourth-order valence-electron chi connectivity index (χ4n) is 3.21. The summed E-state index contributed by atoms with van der Waals surface area (Å²) in [7, 11) is 0. The number of rotatable bonds is 3. The minimum atomic E-state index is -0.281. The molecule has 1 saturated heterocycles. The average Bonchev–Trinajstić information content (AvgIpc) is 3.28. The van der Waals surface area contributed by atoms with Gasteiger partial charge in [-0.25, -0.2) is 4.98 Å². The van der Waals surface area contributed by atoms with E-state index >= 15 is 0 Å². The summed E-state index contributed by atoms with van der Waals surface area (Å²) in [6.45, 7) is 3.96. The molecular formula is C17H20N4O3. The molecule has 0 aliphatic carbocycles. The van der Waals surface area contributed by atoms with Gasteiger partial charge in [0.2, 0.25) is 5.91 Å². The number of aryl methyl sites for hydroxylation is 1. The van der Waals surface area contributed by atoms with E-state index in [-0.39, 0.29) is 17.9 Å². The molecule has 7 heteroatoms. The van der Waals surface area contributed by atoms with Gasteiger partial charge in [-0.1, -0.05) is 25.1 Å². The molecule has 2 atom stereocenters. The fraction of sp³-hybridized carbons (Fsp3) is 0.471. The maximum Gasteiger partial charge on any atom is 0.233 e. The highest BCUT2D eigenvalue weighted by Gasteiger charge is 2.36. The van der Waals surface area contributed by atoms with Gasteiger partial charge in [-0.3, -0.25) is 9.89 Å². The molecular weight excluding hydrogens is 308 g/mol. The minimum Gasteiger partial charge on any atom is -0.492 e. The molecule has 24 heavy (non-hydrogen) atoms. The summed E-state index contributed by atoms with van der Waals surface area (Å²) >= 11 is 0. The van der Waals surface area contributed by atoms with Gasteiger partial charge in [-0.05, 0) is 6.07 Å². The van der Waals surface area contributed by atoms with Crippen LogP contribution in [0.3, 0.4) is 0 Å². The van der Waals surface area contributed by atoms with Crippen molar-refractivity contribution in [3.05, 3.63) is 41.5 Å². The molecule has 3 heterocycles. The van der Waals surface area contributed by atoms with Gasteiger partial charge in [0, 0.05) is 18.5 Å². The first-order valence-corrected chi connectivity index (χ1v) is 8.29. The molecule has 1 fully saturated rings. The number of carbonyl (C=O) groups is 1. The van der Waals surface area contributed by atoms with Crippen LogP contribution in [0.5, 0.6) is 5.75 Å². The SMILES string of the molecule is CCc1nc(C2CN(C(=O)C3COc4ccccc43)CCO2)n[nH]1. The molecule has 2 aliphatic rings. The number of para-hydroxylation sites is 1. The lowest BCUT2D eigenvalue weighted by molar-refractivity contribution is -0.141. The topological polar surface area (TPSA) is 80.3 Å². The van der Waals surface area contributed by atoms with Crippen LogP contribution in [-0.4, -0.2) is 52.3 Å². The zero-order valence-electron chi connectivity index (χ0n) is 13.6. The van der Waals surface area contributed by atoms with Gasteiger partial charge in [-0.2, -0.15) is 5.10 Å². The van der Waals surface area contributed by atoms with Crippen LogP contribution >= 0.6 is 0 Å². The van der Waals surface area contributed by atoms with E-state index in [0.29, 0.717) is 32.1 Å². The molecule has 1 aromatic carbocycles. The second-order valence-corrected chi connectivity index (χ2v) is 6.04. The maximum absolute atomic E-state index is 12.9. The standard InChI is InChI=1S/C17H20N4O3/c1-2-15-18-16(20-19-15)14-9-21(7-8-23-14)17(22)12-10-24-13-6-4-3-5-11(12)13/h3-6,12,14H,2,7-10H2,1H3,(H,18,19,20). The number of fused-ring (bicyclic) bond motifs is 1. The number of nitrogens with zero attached hydrogens (tertiary/aromatic N) is 3. The number of ether oxygens (including phenoxy) is 2. The van der Waals surface area contributed by atoms with Crippen LogP contribution in [0.25, 0.3) is 0 Å². The van der Waals surface area contributed by atoms with E-state index in [9.17, 15) is 4.79 Å². The summed E-state index contributed by atoms with van der Waals surface area (Å²) in [5.74, 6) is 2.10. The van der Waals surface area contributed by atoms with Gasteiger partial charge in [-0.15, -0.1) is 0 Å². The van der Waals surface area contributed by atoms with Gasteiger partial charge in [0.25, 0.3) is 0 Å². The van der Waals surface area contributed by atoms with E-state index in [1.807, 2.05) is 36.1 Å². The van der Waals surface area contributed by atoms with Gasteiger partial charge in [0.1, 0.15) is 30.2 Å². The van der Waals surface area contributed by atoms with Crippen LogP contribution < -0.4 is 4.74 Å². The van der Waals surface area contributed by atoms with Crippen molar-refractivity contribution in [1.29, 1.82) is 0 Å². The van der Waals surface area contributed by atoms with Crippen molar-refractivity contribution in [2.75, 3.05) is 26.3 Å². The zero-order valence-corrected chi connectivity index (χ0v) is 13.6. The third kappa shape index (κ3) is 2.65. The van der Waals surface area contributed by atoms with E-state index in [1.165, 1.54) is 0 Å². The molecule has 0 radical (unpaired) electrons. The second-order valence-electron chi connectivity index (χ2n) is 6.04. The number of nitrogens with one attached hydrogen (secondary N) is 1. The smallest absolute Gasteiger partial charge is 0.233 e. The second kappa shape index (κ2) is 6.24. The van der Waals surface area contributed by atoms with Crippen LogP contribution in [0.1, 0.15) is 36.2 Å². The predicted octanol–water partition coefficient (Wildman–Crippen LogP) is 1.44. The van der Waals surface area contributed by atoms with Crippen molar-refractivity contribution >= 4 is 5.91 Å². The molecule has 1 aromatic heterocycles. The van der Waals surface area contributed by atoms with E-state index in [0.717, 1.165) is 23.6 Å². The number of H-pyrrole nitrogens is 1. The Bertz CT molecular complexity index is 745. The highest BCUT2D eigenvalue weighted by Crippen LogP contribution is 2.35. The molecule has 2 aromatic rings. The molecule has 7 nitrogen and oxygen atoms in total. The van der Waals surface area contributed by atoms with E-state index < -0.39 is 0 Å². The normalized spacial score (nSPS) is 23.0. The number of carbonyl (C=O) groups excluding carboxylic acids is 1. The molecule has 0 bridgehead atoms. The quantitative estimate of drug-likeness (QED) is 0.922. The first kappa shape index (κ1) is 15.1. The first-order valence-electron chi connectivity index (χ1n) is 8.29. The summed E-state index contributed by atoms with van der Waals surface area (Å²) in [6, 6.07) is 7.73. The van der Waals surface area contributed by atoms with Crippen molar-refractivity contribution in [3.8, 4) is 5.75 Å². The molecule has 1 N–H and O–H groups in total. The van der Waals surface area contributed by atoms with Crippen LogP contribution in [0.4, 0.5) is 0 Å². The summed E-state index contributed by atoms with van der Waals surface area (Å²) in [5, 5.41) is 7.11. The van der Waals surface area contributed by atoms with Gasteiger partial charge in [0.15, 0.2) is 5.82 Å². The third-order valence-corrected chi connectivity index (χ3v) is 4.55. The largest absolute Gasteiger partial charge is 0.492 e. The van der Waals surface area contributed by atoms with E-state index in [1.54, 1.807) is 0 Å². The molecule has 0 saturated carbocycles.